The van der Waals surface area contributed by atoms with E-state index < -0.39 is 0 Å². The number of terminal acetylenes is 1. The number of thiol groups is 1. The highest BCUT2D eigenvalue weighted by molar-refractivity contribution is 7.77. The van der Waals surface area contributed by atoms with Gasteiger partial charge in [-0.25, -0.2) is 4.31 Å². The second-order valence-corrected chi connectivity index (χ2v) is 5.44. The molecule has 1 saturated heterocycles. The van der Waals surface area contributed by atoms with Gasteiger partial charge in [0.1, 0.15) is 6.07 Å². The first-order chi connectivity index (χ1) is 9.63. The maximum absolute atomic E-state index is 8.90. The average molecular weight is 308 g/mol. The van der Waals surface area contributed by atoms with Crippen molar-refractivity contribution in [3.05, 3.63) is 28.3 Å². The standard InChI is InChI=1S/C13H16ClN3S.C2H2/c1-9-12(5-4-10(7-15)13(9)14)16-8-11-3-2-6-17(11)18;1-2/h4-5,11,16,18H,2-3,6,8H2,1H3;1-2H. The Bertz CT molecular complexity index is 522. The monoisotopic (exact) mass is 307 g/mol. The summed E-state index contributed by atoms with van der Waals surface area (Å²) in [6.45, 7) is 3.83. The van der Waals surface area contributed by atoms with Crippen LogP contribution in [-0.2, 0) is 0 Å². The number of nitrogens with zero attached hydrogens (tertiary/aromatic N) is 2. The Morgan fingerprint density at radius 1 is 1.55 bits per heavy atom. The van der Waals surface area contributed by atoms with Crippen LogP contribution >= 0.6 is 24.4 Å². The number of benzene rings is 1. The van der Waals surface area contributed by atoms with Crippen molar-refractivity contribution < 1.29 is 0 Å². The van der Waals surface area contributed by atoms with Crippen LogP contribution in [0.3, 0.4) is 0 Å². The van der Waals surface area contributed by atoms with Crippen LogP contribution in [0.5, 0.6) is 0 Å². The second kappa shape index (κ2) is 8.07. The lowest BCUT2D eigenvalue weighted by Gasteiger charge is -2.20. The highest BCUT2D eigenvalue weighted by Crippen LogP contribution is 2.27. The topological polar surface area (TPSA) is 39.1 Å². The minimum Gasteiger partial charge on any atom is -0.383 e. The molecule has 1 unspecified atom stereocenters. The van der Waals surface area contributed by atoms with E-state index >= 15 is 0 Å². The van der Waals surface area contributed by atoms with Crippen LogP contribution < -0.4 is 5.32 Å². The Morgan fingerprint density at radius 2 is 2.25 bits per heavy atom. The van der Waals surface area contributed by atoms with Crippen molar-refractivity contribution in [2.24, 2.45) is 0 Å². The molecule has 3 nitrogen and oxygen atoms in total. The summed E-state index contributed by atoms with van der Waals surface area (Å²) in [4.78, 5) is 0. The van der Waals surface area contributed by atoms with Crippen LogP contribution in [0.15, 0.2) is 12.1 Å². The molecule has 2 rings (SSSR count). The lowest BCUT2D eigenvalue weighted by Crippen LogP contribution is -2.28. The van der Waals surface area contributed by atoms with E-state index in [-0.39, 0.29) is 0 Å². The van der Waals surface area contributed by atoms with Crippen molar-refractivity contribution in [1.82, 2.24) is 4.31 Å². The number of hydrogen-bond donors (Lipinski definition) is 2. The van der Waals surface area contributed by atoms with Gasteiger partial charge in [-0.05, 0) is 37.5 Å². The SMILES string of the molecule is C#C.Cc1c(NCC2CCCN2S)ccc(C#N)c1Cl. The molecular weight excluding hydrogens is 290 g/mol. The first kappa shape index (κ1) is 16.7. The molecular formula is C15H18ClN3S. The highest BCUT2D eigenvalue weighted by Gasteiger charge is 2.21. The number of nitrogens with one attached hydrogen (secondary N) is 1. The first-order valence-corrected chi connectivity index (χ1v) is 7.13. The van der Waals surface area contributed by atoms with Crippen LogP contribution in [0, 0.1) is 31.1 Å². The van der Waals surface area contributed by atoms with E-state index in [0.29, 0.717) is 16.6 Å². The van der Waals surface area contributed by atoms with E-state index in [1.807, 2.05) is 13.0 Å². The van der Waals surface area contributed by atoms with Gasteiger partial charge in [-0.2, -0.15) is 5.26 Å². The molecule has 20 heavy (non-hydrogen) atoms. The molecule has 0 bridgehead atoms. The van der Waals surface area contributed by atoms with Gasteiger partial charge < -0.3 is 5.32 Å². The second-order valence-electron chi connectivity index (χ2n) is 4.55. The number of anilines is 1. The summed E-state index contributed by atoms with van der Waals surface area (Å²) >= 11 is 10.6. The Morgan fingerprint density at radius 3 is 2.80 bits per heavy atom. The summed E-state index contributed by atoms with van der Waals surface area (Å²) in [5.41, 5.74) is 2.45. The molecule has 0 aromatic heterocycles. The van der Waals surface area contributed by atoms with Gasteiger partial charge in [0.2, 0.25) is 0 Å². The van der Waals surface area contributed by atoms with Crippen molar-refractivity contribution in [1.29, 1.82) is 5.26 Å². The van der Waals surface area contributed by atoms with Gasteiger partial charge in [-0.3, -0.25) is 0 Å². The molecule has 1 aliphatic heterocycles. The summed E-state index contributed by atoms with van der Waals surface area (Å²) in [6, 6.07) is 6.22. The summed E-state index contributed by atoms with van der Waals surface area (Å²) in [6.07, 6.45) is 10.4. The fraction of sp³-hybridized carbons (Fsp3) is 0.400. The van der Waals surface area contributed by atoms with Crippen molar-refractivity contribution in [2.45, 2.75) is 25.8 Å². The molecule has 0 aliphatic carbocycles. The van der Waals surface area contributed by atoms with Gasteiger partial charge in [0, 0.05) is 24.8 Å². The van der Waals surface area contributed by atoms with E-state index in [4.69, 9.17) is 16.9 Å². The number of halogens is 1. The summed E-state index contributed by atoms with van der Waals surface area (Å²) in [5.74, 6) is 0. The molecule has 0 amide bonds. The molecule has 1 atom stereocenters. The van der Waals surface area contributed by atoms with Gasteiger partial charge in [0.15, 0.2) is 0 Å². The maximum atomic E-state index is 8.90. The molecule has 106 valence electrons. The Kier molecular flexibility index (Phi) is 6.75. The third-order valence-corrected chi connectivity index (χ3v) is 4.39. The molecule has 5 heteroatoms. The largest absolute Gasteiger partial charge is 0.383 e. The van der Waals surface area contributed by atoms with E-state index in [1.54, 1.807) is 6.07 Å². The van der Waals surface area contributed by atoms with E-state index in [9.17, 15) is 0 Å². The quantitative estimate of drug-likeness (QED) is 0.663. The Labute approximate surface area is 131 Å². The fourth-order valence-electron chi connectivity index (χ4n) is 2.22. The molecule has 1 N–H and O–H groups in total. The lowest BCUT2D eigenvalue weighted by atomic mass is 10.1. The minimum atomic E-state index is 0.460. The smallest absolute Gasteiger partial charge is 0.101 e. The summed E-state index contributed by atoms with van der Waals surface area (Å²) in [7, 11) is 0. The fourth-order valence-corrected chi connectivity index (χ4v) is 2.76. The van der Waals surface area contributed by atoms with Crippen LogP contribution in [0.25, 0.3) is 0 Å². The highest BCUT2D eigenvalue weighted by atomic mass is 35.5. The zero-order valence-electron chi connectivity index (χ0n) is 11.4. The first-order valence-electron chi connectivity index (χ1n) is 6.35. The van der Waals surface area contributed by atoms with E-state index in [0.717, 1.165) is 24.3 Å². The summed E-state index contributed by atoms with van der Waals surface area (Å²) < 4.78 is 2.08. The van der Waals surface area contributed by atoms with Gasteiger partial charge in [-0.1, -0.05) is 24.4 Å². The normalized spacial score (nSPS) is 17.9. The van der Waals surface area contributed by atoms with Gasteiger partial charge in [0.05, 0.1) is 10.6 Å². The molecule has 0 spiro atoms. The molecule has 0 radical (unpaired) electrons. The molecule has 1 aromatic carbocycles. The van der Waals surface area contributed by atoms with Crippen LogP contribution in [0.2, 0.25) is 5.02 Å². The molecule has 0 saturated carbocycles. The number of hydrogen-bond acceptors (Lipinski definition) is 4. The number of nitriles is 1. The molecule has 1 heterocycles. The Balaban J connectivity index is 0.000000956. The van der Waals surface area contributed by atoms with Gasteiger partial charge >= 0.3 is 0 Å². The third kappa shape index (κ3) is 3.84. The zero-order valence-corrected chi connectivity index (χ0v) is 13.1. The van der Waals surface area contributed by atoms with Crippen molar-refractivity contribution in [2.75, 3.05) is 18.4 Å². The maximum Gasteiger partial charge on any atom is 0.101 e. The van der Waals surface area contributed by atoms with Gasteiger partial charge in [-0.15, -0.1) is 12.8 Å². The molecule has 1 aliphatic rings. The minimum absolute atomic E-state index is 0.460. The predicted molar refractivity (Wildman–Crippen MR) is 88.0 cm³/mol. The summed E-state index contributed by atoms with van der Waals surface area (Å²) in [5, 5.41) is 12.8. The van der Waals surface area contributed by atoms with Crippen LogP contribution in [-0.4, -0.2) is 23.4 Å². The lowest BCUT2D eigenvalue weighted by molar-refractivity contribution is 0.458. The van der Waals surface area contributed by atoms with Crippen molar-refractivity contribution in [3.8, 4) is 18.9 Å². The number of rotatable bonds is 3. The van der Waals surface area contributed by atoms with E-state index in [2.05, 4.69) is 41.4 Å². The predicted octanol–water partition coefficient (Wildman–Crippen LogP) is 3.49. The Hall–Kier alpha value is -1.33. The third-order valence-electron chi connectivity index (χ3n) is 3.38. The van der Waals surface area contributed by atoms with Crippen LogP contribution in [0.4, 0.5) is 5.69 Å². The molecule has 1 fully saturated rings. The average Bonchev–Trinajstić information content (AvgIpc) is 2.88. The van der Waals surface area contributed by atoms with Crippen molar-refractivity contribution >= 4 is 30.1 Å². The van der Waals surface area contributed by atoms with Crippen molar-refractivity contribution in [3.63, 3.8) is 0 Å². The zero-order chi connectivity index (χ0) is 15.1. The van der Waals surface area contributed by atoms with Gasteiger partial charge in [0.25, 0.3) is 0 Å². The molecule has 1 aromatic rings. The van der Waals surface area contributed by atoms with E-state index in [1.165, 1.54) is 12.8 Å². The van der Waals surface area contributed by atoms with Crippen LogP contribution in [0.1, 0.15) is 24.0 Å².